The van der Waals surface area contributed by atoms with Gasteiger partial charge in [0.05, 0.1) is 29.7 Å². The highest BCUT2D eigenvalue weighted by atomic mass is 19.1. The lowest BCUT2D eigenvalue weighted by Gasteiger charge is -2.19. The van der Waals surface area contributed by atoms with Gasteiger partial charge in [0, 0.05) is 37.3 Å². The van der Waals surface area contributed by atoms with Crippen LogP contribution in [0.4, 0.5) is 27.4 Å². The Morgan fingerprint density at radius 1 is 1.17 bits per heavy atom. The van der Waals surface area contributed by atoms with Crippen LogP contribution in [0, 0.1) is 5.82 Å². The van der Waals surface area contributed by atoms with Crippen LogP contribution in [0.15, 0.2) is 36.7 Å². The quantitative estimate of drug-likeness (QED) is 0.335. The normalized spacial score (nSPS) is 14.2. The minimum Gasteiger partial charge on any atom is -0.494 e. The molecular formula is C23H23FN10O2. The van der Waals surface area contributed by atoms with Crippen molar-refractivity contribution in [2.75, 3.05) is 24.7 Å². The van der Waals surface area contributed by atoms with E-state index < -0.39 is 18.7 Å². The minimum atomic E-state index is -2.75. The van der Waals surface area contributed by atoms with Crippen LogP contribution in [0.25, 0.3) is 11.4 Å². The highest BCUT2D eigenvalue weighted by Crippen LogP contribution is 2.39. The number of aromatic nitrogens is 6. The average molecular weight is 494 g/mol. The zero-order chi connectivity index (χ0) is 27.7. The molecule has 3 aromatic heterocycles. The molecule has 4 heterocycles. The summed E-state index contributed by atoms with van der Waals surface area (Å²) < 4.78 is 44.0. The number of benzene rings is 1. The number of aryl methyl sites for hydroxylation is 1. The lowest BCUT2D eigenvalue weighted by atomic mass is 10.1. The van der Waals surface area contributed by atoms with Crippen molar-refractivity contribution in [2.45, 2.75) is 13.1 Å². The number of ether oxygens (including phenoxy) is 1. The van der Waals surface area contributed by atoms with Crippen molar-refractivity contribution < 1.29 is 18.0 Å². The molecule has 13 heteroatoms. The molecule has 184 valence electrons. The summed E-state index contributed by atoms with van der Waals surface area (Å²) in [6, 6.07) is 7.77. The van der Waals surface area contributed by atoms with Gasteiger partial charge in [0.1, 0.15) is 18.0 Å². The Balaban J connectivity index is 1.68. The monoisotopic (exact) mass is 493 g/mol. The van der Waals surface area contributed by atoms with E-state index in [2.05, 4.69) is 41.2 Å². The molecule has 0 spiro atoms. The van der Waals surface area contributed by atoms with Gasteiger partial charge in [-0.05, 0) is 29.8 Å². The SMILES string of the molecule is [2H]C([2H])([2H])NC(=O)c1nnc2cc1Nc1cc(cc(-c3ncn(C)n3)c1OC)CNCc1nc(ccc1F)N2. The number of amides is 1. The Kier molecular flexibility index (Phi) is 5.20. The van der Waals surface area contributed by atoms with Gasteiger partial charge in [-0.25, -0.2) is 14.4 Å². The van der Waals surface area contributed by atoms with Crippen LogP contribution in [-0.2, 0) is 20.1 Å². The molecule has 0 aliphatic carbocycles. The van der Waals surface area contributed by atoms with E-state index >= 15 is 0 Å². The number of methoxy groups -OCH3 is 1. The van der Waals surface area contributed by atoms with Crippen LogP contribution in [0.3, 0.4) is 0 Å². The molecule has 0 atom stereocenters. The number of carbonyl (C=O) groups is 1. The predicted molar refractivity (Wildman–Crippen MR) is 130 cm³/mol. The maximum Gasteiger partial charge on any atom is 0.273 e. The molecule has 0 unspecified atom stereocenters. The summed E-state index contributed by atoms with van der Waals surface area (Å²) in [4.78, 5) is 21.5. The number of rotatable bonds is 3. The van der Waals surface area contributed by atoms with Crippen molar-refractivity contribution in [2.24, 2.45) is 7.05 Å². The molecule has 0 saturated carbocycles. The van der Waals surface area contributed by atoms with E-state index in [4.69, 9.17) is 8.85 Å². The summed E-state index contributed by atoms with van der Waals surface area (Å²) in [6.07, 6.45) is 1.54. The lowest BCUT2D eigenvalue weighted by Crippen LogP contribution is -2.22. The molecule has 6 bridgehead atoms. The maximum atomic E-state index is 14.5. The lowest BCUT2D eigenvalue weighted by molar-refractivity contribution is 0.0958. The molecule has 5 rings (SSSR count). The fourth-order valence-corrected chi connectivity index (χ4v) is 3.79. The molecule has 4 N–H and O–H groups in total. The van der Waals surface area contributed by atoms with Crippen LogP contribution in [0.1, 0.15) is 25.9 Å². The second-order valence-corrected chi connectivity index (χ2v) is 7.89. The van der Waals surface area contributed by atoms with Crippen LogP contribution in [0.2, 0.25) is 0 Å². The Morgan fingerprint density at radius 2 is 2.06 bits per heavy atom. The first kappa shape index (κ1) is 19.6. The smallest absolute Gasteiger partial charge is 0.273 e. The van der Waals surface area contributed by atoms with Gasteiger partial charge in [-0.1, -0.05) is 0 Å². The van der Waals surface area contributed by atoms with Crippen molar-refractivity contribution in [3.8, 4) is 17.1 Å². The molecule has 0 saturated heterocycles. The number of halogens is 1. The fraction of sp³-hybridized carbons (Fsp3) is 0.217. The predicted octanol–water partition coefficient (Wildman–Crippen LogP) is 2.26. The highest BCUT2D eigenvalue weighted by Gasteiger charge is 2.21. The minimum absolute atomic E-state index is 0.122. The van der Waals surface area contributed by atoms with Crippen molar-refractivity contribution in [1.82, 2.24) is 40.6 Å². The Morgan fingerprint density at radius 3 is 2.83 bits per heavy atom. The molecule has 1 aromatic carbocycles. The van der Waals surface area contributed by atoms with E-state index in [1.54, 1.807) is 24.1 Å². The fourth-order valence-electron chi connectivity index (χ4n) is 3.79. The van der Waals surface area contributed by atoms with E-state index in [0.717, 1.165) is 5.56 Å². The molecule has 1 aliphatic heterocycles. The summed E-state index contributed by atoms with van der Waals surface area (Å²) >= 11 is 0. The van der Waals surface area contributed by atoms with E-state index in [9.17, 15) is 9.18 Å². The number of pyridine rings is 1. The largest absolute Gasteiger partial charge is 0.494 e. The van der Waals surface area contributed by atoms with Crippen molar-refractivity contribution in [3.63, 3.8) is 0 Å². The molecule has 0 radical (unpaired) electrons. The molecule has 4 aromatic rings. The first-order valence-corrected chi connectivity index (χ1v) is 10.8. The van der Waals surface area contributed by atoms with Gasteiger partial charge >= 0.3 is 0 Å². The Bertz CT molecular complexity index is 1560. The van der Waals surface area contributed by atoms with Gasteiger partial charge in [0.25, 0.3) is 5.91 Å². The molecule has 1 aliphatic rings. The van der Waals surface area contributed by atoms with Crippen molar-refractivity contribution >= 4 is 28.9 Å². The number of carbonyl (C=O) groups excluding carboxylic acids is 1. The van der Waals surface area contributed by atoms with Gasteiger partial charge in [-0.2, -0.15) is 5.10 Å². The second-order valence-electron chi connectivity index (χ2n) is 7.89. The van der Waals surface area contributed by atoms with Crippen LogP contribution in [-0.4, -0.2) is 49.9 Å². The van der Waals surface area contributed by atoms with Gasteiger partial charge in [-0.15, -0.1) is 10.2 Å². The zero-order valence-electron chi connectivity index (χ0n) is 22.3. The second kappa shape index (κ2) is 9.54. The van der Waals surface area contributed by atoms with Crippen molar-refractivity contribution in [3.05, 3.63) is 59.4 Å². The Labute approximate surface area is 209 Å². The van der Waals surface area contributed by atoms with Crippen molar-refractivity contribution in [1.29, 1.82) is 0 Å². The third-order valence-corrected chi connectivity index (χ3v) is 5.38. The summed E-state index contributed by atoms with van der Waals surface area (Å²) in [5.74, 6) is -0.244. The third kappa shape index (κ3) is 4.51. The third-order valence-electron chi connectivity index (χ3n) is 5.38. The van der Waals surface area contributed by atoms with Gasteiger partial charge in [0.2, 0.25) is 0 Å². The summed E-state index contributed by atoms with van der Waals surface area (Å²) in [6.45, 7) is -2.30. The molecule has 1 amide bonds. The zero-order valence-corrected chi connectivity index (χ0v) is 19.3. The highest BCUT2D eigenvalue weighted by molar-refractivity contribution is 5.99. The van der Waals surface area contributed by atoms with Crippen LogP contribution >= 0.6 is 0 Å². The summed E-state index contributed by atoms with van der Waals surface area (Å²) in [5, 5.41) is 23.5. The molecule has 0 fully saturated rings. The van der Waals surface area contributed by atoms with Crippen LogP contribution < -0.4 is 26.0 Å². The number of hydrogen-bond donors (Lipinski definition) is 4. The number of anilines is 4. The standard InChI is InChI=1S/C23H23FN10O2/c1-25-23(35)20-15-8-19(31-32-20)30-18-5-4-14(24)17(29-18)10-26-9-12-6-13(22-27-11-34(2)33-22)21(36-3)16(7-12)28-15/h4-8,11,26,28H,9-10H2,1-3H3,(H,25,35)(H,29,30,31)/i1D3. The topological polar surface area (TPSA) is 144 Å². The van der Waals surface area contributed by atoms with Gasteiger partial charge < -0.3 is 26.0 Å². The first-order chi connectivity index (χ1) is 18.6. The van der Waals surface area contributed by atoms with E-state index in [0.29, 0.717) is 35.2 Å². The molecular weight excluding hydrogens is 467 g/mol. The number of nitrogens with zero attached hydrogens (tertiary/aromatic N) is 6. The number of hydrogen-bond acceptors (Lipinski definition) is 10. The number of fused-ring (bicyclic) bond motifs is 6. The van der Waals surface area contributed by atoms with Gasteiger partial charge in [-0.3, -0.25) is 9.48 Å². The van der Waals surface area contributed by atoms with Crippen LogP contribution in [0.5, 0.6) is 5.75 Å². The number of nitrogens with one attached hydrogen (secondary N) is 4. The summed E-state index contributed by atoms with van der Waals surface area (Å²) in [7, 11) is 3.21. The maximum absolute atomic E-state index is 14.5. The van der Waals surface area contributed by atoms with E-state index in [1.165, 1.54) is 25.3 Å². The molecule has 12 nitrogen and oxygen atoms in total. The average Bonchev–Trinajstić information content (AvgIpc) is 3.30. The Hall–Kier alpha value is -4.65. The van der Waals surface area contributed by atoms with Gasteiger partial charge in [0.15, 0.2) is 23.1 Å². The van der Waals surface area contributed by atoms with E-state index in [-0.39, 0.29) is 29.4 Å². The summed E-state index contributed by atoms with van der Waals surface area (Å²) in [5.41, 5.74) is 1.74. The van der Waals surface area contributed by atoms with E-state index in [1.807, 2.05) is 11.4 Å². The first-order valence-electron chi connectivity index (χ1n) is 12.3. The molecule has 36 heavy (non-hydrogen) atoms.